The van der Waals surface area contributed by atoms with Gasteiger partial charge in [-0.25, -0.2) is 9.78 Å². The van der Waals surface area contributed by atoms with Crippen molar-refractivity contribution >= 4 is 22.4 Å². The average Bonchev–Trinajstić information content (AvgIpc) is 2.87. The van der Waals surface area contributed by atoms with Crippen LogP contribution in [0.5, 0.6) is 0 Å². The first-order chi connectivity index (χ1) is 8.70. The van der Waals surface area contributed by atoms with Gasteiger partial charge in [-0.3, -0.25) is 0 Å². The second kappa shape index (κ2) is 6.18. The van der Waals surface area contributed by atoms with Crippen molar-refractivity contribution in [2.75, 3.05) is 12.4 Å². The van der Waals surface area contributed by atoms with Crippen molar-refractivity contribution in [1.29, 1.82) is 0 Å². The molecule has 1 aromatic heterocycles. The number of carbonyl (C=O) groups excluding carboxylic acids is 1. The van der Waals surface area contributed by atoms with Gasteiger partial charge in [-0.05, 0) is 25.7 Å². The number of hydrogen-bond acceptors (Lipinski definition) is 5. The third-order valence-electron chi connectivity index (χ3n) is 3.60. The number of aromatic nitrogens is 1. The Labute approximate surface area is 112 Å². The van der Waals surface area contributed by atoms with E-state index in [9.17, 15) is 4.79 Å². The van der Waals surface area contributed by atoms with Crippen LogP contribution < -0.4 is 5.32 Å². The van der Waals surface area contributed by atoms with Crippen LogP contribution in [0.25, 0.3) is 0 Å². The van der Waals surface area contributed by atoms with Crippen molar-refractivity contribution in [1.82, 2.24) is 4.98 Å². The topological polar surface area (TPSA) is 51.2 Å². The van der Waals surface area contributed by atoms with Gasteiger partial charge in [0.2, 0.25) is 0 Å². The highest BCUT2D eigenvalue weighted by Crippen LogP contribution is 2.29. The smallest absolute Gasteiger partial charge is 0.349 e. The van der Waals surface area contributed by atoms with Crippen LogP contribution in [0.4, 0.5) is 5.13 Å². The Morgan fingerprint density at radius 1 is 1.50 bits per heavy atom. The Hall–Kier alpha value is -1.10. The molecule has 1 saturated carbocycles. The Morgan fingerprint density at radius 2 is 2.22 bits per heavy atom. The van der Waals surface area contributed by atoms with Crippen molar-refractivity contribution in [3.8, 4) is 0 Å². The van der Waals surface area contributed by atoms with E-state index >= 15 is 0 Å². The predicted octanol–water partition coefficient (Wildman–Crippen LogP) is 3.31. The van der Waals surface area contributed by atoms with E-state index in [1.807, 2.05) is 0 Å². The maximum absolute atomic E-state index is 11.3. The number of nitrogens with one attached hydrogen (secondary N) is 1. The SMILES string of the molecule is COC(=O)c1cnc(NC(C)C2CCCCC2)s1. The molecule has 1 unspecified atom stereocenters. The zero-order chi connectivity index (χ0) is 13.0. The van der Waals surface area contributed by atoms with Crippen molar-refractivity contribution in [2.24, 2.45) is 5.92 Å². The van der Waals surface area contributed by atoms with Gasteiger partial charge in [0.05, 0.1) is 13.3 Å². The third kappa shape index (κ3) is 3.22. The molecular formula is C13H20N2O2S. The summed E-state index contributed by atoms with van der Waals surface area (Å²) in [6.07, 6.45) is 8.20. The van der Waals surface area contributed by atoms with E-state index < -0.39 is 0 Å². The normalized spacial score (nSPS) is 18.3. The molecule has 1 atom stereocenters. The molecule has 0 spiro atoms. The lowest BCUT2D eigenvalue weighted by atomic mass is 9.85. The third-order valence-corrected chi connectivity index (χ3v) is 4.51. The van der Waals surface area contributed by atoms with E-state index in [4.69, 9.17) is 0 Å². The quantitative estimate of drug-likeness (QED) is 0.851. The van der Waals surface area contributed by atoms with Gasteiger partial charge in [0.25, 0.3) is 0 Å². The first-order valence-electron chi connectivity index (χ1n) is 6.51. The van der Waals surface area contributed by atoms with Crippen molar-refractivity contribution in [2.45, 2.75) is 45.1 Å². The molecule has 1 heterocycles. The molecule has 4 nitrogen and oxygen atoms in total. The summed E-state index contributed by atoms with van der Waals surface area (Å²) in [5.41, 5.74) is 0. The second-order valence-corrected chi connectivity index (χ2v) is 5.88. The van der Waals surface area contributed by atoms with Gasteiger partial charge in [-0.1, -0.05) is 30.6 Å². The highest BCUT2D eigenvalue weighted by molar-refractivity contribution is 7.17. The molecule has 1 fully saturated rings. The minimum Gasteiger partial charge on any atom is -0.465 e. The van der Waals surface area contributed by atoms with Crippen LogP contribution in [0.2, 0.25) is 0 Å². The molecule has 5 heteroatoms. The van der Waals surface area contributed by atoms with Crippen LogP contribution in [0.1, 0.15) is 48.7 Å². The van der Waals surface area contributed by atoms with E-state index in [0.29, 0.717) is 10.9 Å². The standard InChI is InChI=1S/C13H20N2O2S/c1-9(10-6-4-3-5-7-10)15-13-14-8-11(18-13)12(16)17-2/h8-10H,3-7H2,1-2H3,(H,14,15). The molecule has 0 saturated heterocycles. The molecule has 18 heavy (non-hydrogen) atoms. The highest BCUT2D eigenvalue weighted by atomic mass is 32.1. The first kappa shape index (κ1) is 13.3. The van der Waals surface area contributed by atoms with Crippen LogP contribution in [-0.4, -0.2) is 24.1 Å². The van der Waals surface area contributed by atoms with E-state index in [1.54, 1.807) is 6.20 Å². The van der Waals surface area contributed by atoms with Gasteiger partial charge < -0.3 is 10.1 Å². The largest absolute Gasteiger partial charge is 0.465 e. The van der Waals surface area contributed by atoms with Crippen LogP contribution in [0.15, 0.2) is 6.20 Å². The summed E-state index contributed by atoms with van der Waals surface area (Å²) in [5.74, 6) is 0.412. The summed E-state index contributed by atoms with van der Waals surface area (Å²) in [7, 11) is 1.39. The number of anilines is 1. The van der Waals surface area contributed by atoms with Gasteiger partial charge in [-0.2, -0.15) is 0 Å². The van der Waals surface area contributed by atoms with Gasteiger partial charge in [-0.15, -0.1) is 0 Å². The molecule has 2 rings (SSSR count). The number of methoxy groups -OCH3 is 1. The molecule has 1 aliphatic rings. The van der Waals surface area contributed by atoms with E-state index in [0.717, 1.165) is 11.0 Å². The summed E-state index contributed by atoms with van der Waals surface area (Å²) in [5, 5.41) is 4.22. The molecule has 0 amide bonds. The summed E-state index contributed by atoms with van der Waals surface area (Å²) in [6, 6.07) is 0.418. The molecule has 0 aromatic carbocycles. The molecule has 0 bridgehead atoms. The maximum atomic E-state index is 11.3. The van der Waals surface area contributed by atoms with E-state index in [1.165, 1.54) is 50.6 Å². The summed E-state index contributed by atoms with van der Waals surface area (Å²) >= 11 is 1.36. The molecule has 100 valence electrons. The van der Waals surface area contributed by atoms with Crippen molar-refractivity contribution in [3.63, 3.8) is 0 Å². The molecular weight excluding hydrogens is 248 g/mol. The van der Waals surface area contributed by atoms with Crippen LogP contribution in [0.3, 0.4) is 0 Å². The zero-order valence-electron chi connectivity index (χ0n) is 10.9. The molecule has 1 N–H and O–H groups in total. The summed E-state index contributed by atoms with van der Waals surface area (Å²) in [6.45, 7) is 2.20. The molecule has 0 radical (unpaired) electrons. The fourth-order valence-corrected chi connectivity index (χ4v) is 3.31. The van der Waals surface area contributed by atoms with Crippen molar-refractivity contribution in [3.05, 3.63) is 11.1 Å². The maximum Gasteiger partial charge on any atom is 0.349 e. The lowest BCUT2D eigenvalue weighted by Crippen LogP contribution is -2.27. The highest BCUT2D eigenvalue weighted by Gasteiger charge is 2.21. The van der Waals surface area contributed by atoms with Crippen LogP contribution in [-0.2, 0) is 4.74 Å². The minimum atomic E-state index is -0.314. The molecule has 1 aromatic rings. The Bertz CT molecular complexity index is 399. The number of hydrogen-bond donors (Lipinski definition) is 1. The number of rotatable bonds is 4. The molecule has 0 aliphatic heterocycles. The zero-order valence-corrected chi connectivity index (χ0v) is 11.8. The van der Waals surface area contributed by atoms with Gasteiger partial charge in [0.1, 0.15) is 4.88 Å². The summed E-state index contributed by atoms with van der Waals surface area (Å²) in [4.78, 5) is 16.1. The fraction of sp³-hybridized carbons (Fsp3) is 0.692. The monoisotopic (exact) mass is 268 g/mol. The number of nitrogens with zero attached hydrogens (tertiary/aromatic N) is 1. The molecule has 1 aliphatic carbocycles. The van der Waals surface area contributed by atoms with E-state index in [2.05, 4.69) is 22.0 Å². The van der Waals surface area contributed by atoms with Crippen LogP contribution in [0, 0.1) is 5.92 Å². The average molecular weight is 268 g/mol. The lowest BCUT2D eigenvalue weighted by molar-refractivity contribution is 0.0606. The van der Waals surface area contributed by atoms with Gasteiger partial charge in [0.15, 0.2) is 5.13 Å². The number of esters is 1. The number of carbonyl (C=O) groups is 1. The van der Waals surface area contributed by atoms with Gasteiger partial charge in [0, 0.05) is 6.04 Å². The summed E-state index contributed by atoms with van der Waals surface area (Å²) < 4.78 is 4.67. The predicted molar refractivity (Wildman–Crippen MR) is 73.1 cm³/mol. The van der Waals surface area contributed by atoms with Gasteiger partial charge >= 0.3 is 5.97 Å². The minimum absolute atomic E-state index is 0.314. The first-order valence-corrected chi connectivity index (χ1v) is 7.33. The number of thiazole rings is 1. The Morgan fingerprint density at radius 3 is 2.89 bits per heavy atom. The van der Waals surface area contributed by atoms with Crippen molar-refractivity contribution < 1.29 is 9.53 Å². The fourth-order valence-electron chi connectivity index (χ4n) is 2.48. The Kier molecular flexibility index (Phi) is 4.58. The van der Waals surface area contributed by atoms with E-state index in [-0.39, 0.29) is 5.97 Å². The number of ether oxygens (including phenoxy) is 1. The Balaban J connectivity index is 1.92. The van der Waals surface area contributed by atoms with Crippen LogP contribution >= 0.6 is 11.3 Å². The second-order valence-electron chi connectivity index (χ2n) is 4.85. The lowest BCUT2D eigenvalue weighted by Gasteiger charge is -2.28.